The van der Waals surface area contributed by atoms with Gasteiger partial charge in [0, 0.05) is 31.7 Å². The van der Waals surface area contributed by atoms with Crippen LogP contribution in [0.15, 0.2) is 54.2 Å². The Morgan fingerprint density at radius 2 is 1.58 bits per heavy atom. The molecule has 2 aromatic carbocycles. The summed E-state index contributed by atoms with van der Waals surface area (Å²) in [6, 6.07) is 14.4. The molecule has 2 aliphatic rings. The third-order valence-electron chi connectivity index (χ3n) is 5.66. The molecule has 1 saturated heterocycles. The monoisotopic (exact) mass is 421 g/mol. The van der Waals surface area contributed by atoms with Crippen LogP contribution in [0.2, 0.25) is 0 Å². The van der Waals surface area contributed by atoms with Crippen LogP contribution in [0.3, 0.4) is 0 Å². The minimum absolute atomic E-state index is 0.306. The summed E-state index contributed by atoms with van der Waals surface area (Å²) >= 11 is 0. The summed E-state index contributed by atoms with van der Waals surface area (Å²) in [5.41, 5.74) is 1.98. The Kier molecular flexibility index (Phi) is 5.95. The highest BCUT2D eigenvalue weighted by Crippen LogP contribution is 2.38. The Labute approximate surface area is 182 Å². The highest BCUT2D eigenvalue weighted by molar-refractivity contribution is 6.45. The standard InChI is InChI=1S/C24H27N3O4/c1-4-31-18-11-9-17(10-12-18)27-23(28)21(19-7-5-6-8-20(19)30-3)22(24(27)29)26-15-13-25(2)14-16-26/h5-12H,4,13-16H2,1-3H3. The Balaban J connectivity index is 1.78. The summed E-state index contributed by atoms with van der Waals surface area (Å²) in [7, 11) is 3.63. The Bertz CT molecular complexity index is 1010. The molecule has 2 aliphatic heterocycles. The molecule has 0 aromatic heterocycles. The summed E-state index contributed by atoms with van der Waals surface area (Å²) in [4.78, 5) is 32.7. The lowest BCUT2D eigenvalue weighted by atomic mass is 10.0. The van der Waals surface area contributed by atoms with Crippen molar-refractivity contribution in [1.82, 2.24) is 9.80 Å². The summed E-state index contributed by atoms with van der Waals surface area (Å²) in [5.74, 6) is 0.619. The molecule has 0 saturated carbocycles. The molecular weight excluding hydrogens is 394 g/mol. The van der Waals surface area contributed by atoms with Crippen LogP contribution < -0.4 is 14.4 Å². The maximum absolute atomic E-state index is 13.6. The first-order valence-electron chi connectivity index (χ1n) is 10.5. The lowest BCUT2D eigenvalue weighted by Gasteiger charge is -2.34. The fraction of sp³-hybridized carbons (Fsp3) is 0.333. The summed E-state index contributed by atoms with van der Waals surface area (Å²) in [5, 5.41) is 0. The molecule has 7 heteroatoms. The number of imide groups is 1. The van der Waals surface area contributed by atoms with E-state index in [9.17, 15) is 9.59 Å². The van der Waals surface area contributed by atoms with Crippen LogP contribution in [-0.4, -0.2) is 68.6 Å². The van der Waals surface area contributed by atoms with Gasteiger partial charge in [0.2, 0.25) is 0 Å². The molecule has 0 unspecified atom stereocenters. The number of carbonyl (C=O) groups is 2. The molecule has 0 atom stereocenters. The van der Waals surface area contributed by atoms with E-state index in [1.807, 2.05) is 30.0 Å². The maximum atomic E-state index is 13.6. The van der Waals surface area contributed by atoms with E-state index >= 15 is 0 Å². The van der Waals surface area contributed by atoms with Gasteiger partial charge in [0.15, 0.2) is 0 Å². The second kappa shape index (κ2) is 8.81. The van der Waals surface area contributed by atoms with Gasteiger partial charge in [0.25, 0.3) is 11.8 Å². The molecule has 2 heterocycles. The highest BCUT2D eigenvalue weighted by atomic mass is 16.5. The predicted octanol–water partition coefficient (Wildman–Crippen LogP) is 2.63. The van der Waals surface area contributed by atoms with Gasteiger partial charge < -0.3 is 19.3 Å². The molecule has 0 N–H and O–H groups in total. The van der Waals surface area contributed by atoms with Gasteiger partial charge in [0.1, 0.15) is 17.2 Å². The molecule has 0 radical (unpaired) electrons. The number of hydrogen-bond donors (Lipinski definition) is 0. The number of amides is 2. The molecule has 0 spiro atoms. The van der Waals surface area contributed by atoms with Crippen molar-refractivity contribution in [3.63, 3.8) is 0 Å². The van der Waals surface area contributed by atoms with Gasteiger partial charge in [-0.25, -0.2) is 4.90 Å². The van der Waals surface area contributed by atoms with Crippen molar-refractivity contribution in [2.75, 3.05) is 51.8 Å². The van der Waals surface area contributed by atoms with Gasteiger partial charge >= 0.3 is 0 Å². The van der Waals surface area contributed by atoms with Gasteiger partial charge in [0.05, 0.1) is 25.0 Å². The number of para-hydroxylation sites is 1. The van der Waals surface area contributed by atoms with Crippen LogP contribution >= 0.6 is 0 Å². The van der Waals surface area contributed by atoms with Gasteiger partial charge in [-0.1, -0.05) is 18.2 Å². The predicted molar refractivity (Wildman–Crippen MR) is 119 cm³/mol. The first-order valence-corrected chi connectivity index (χ1v) is 10.5. The Hall–Kier alpha value is -3.32. The number of rotatable bonds is 6. The third kappa shape index (κ3) is 3.88. The molecule has 0 bridgehead atoms. The van der Waals surface area contributed by atoms with Crippen molar-refractivity contribution in [2.45, 2.75) is 6.92 Å². The van der Waals surface area contributed by atoms with Gasteiger partial charge in [-0.15, -0.1) is 0 Å². The van der Waals surface area contributed by atoms with Crippen LogP contribution in [0.1, 0.15) is 12.5 Å². The fourth-order valence-corrected chi connectivity index (χ4v) is 4.03. The number of hydrogen-bond acceptors (Lipinski definition) is 6. The van der Waals surface area contributed by atoms with Crippen molar-refractivity contribution in [3.05, 3.63) is 59.8 Å². The zero-order chi connectivity index (χ0) is 22.0. The minimum Gasteiger partial charge on any atom is -0.496 e. The topological polar surface area (TPSA) is 62.3 Å². The van der Waals surface area contributed by atoms with Crippen molar-refractivity contribution >= 4 is 23.1 Å². The maximum Gasteiger partial charge on any atom is 0.282 e. The molecule has 31 heavy (non-hydrogen) atoms. The highest BCUT2D eigenvalue weighted by Gasteiger charge is 2.43. The number of ether oxygens (including phenoxy) is 2. The normalized spacial score (nSPS) is 17.5. The number of methoxy groups -OCH3 is 1. The third-order valence-corrected chi connectivity index (χ3v) is 5.66. The number of piperazine rings is 1. The van der Waals surface area contributed by atoms with Crippen LogP contribution in [0, 0.1) is 0 Å². The summed E-state index contributed by atoms with van der Waals surface area (Å²) < 4.78 is 11.0. The quantitative estimate of drug-likeness (QED) is 0.669. The summed E-state index contributed by atoms with van der Waals surface area (Å²) in [6.45, 7) is 5.48. The SMILES string of the molecule is CCOc1ccc(N2C(=O)C(c3ccccc3OC)=C(N3CCN(C)CC3)C2=O)cc1. The molecule has 1 fully saturated rings. The van der Waals surface area contributed by atoms with E-state index < -0.39 is 0 Å². The van der Waals surface area contributed by atoms with E-state index in [1.165, 1.54) is 4.90 Å². The van der Waals surface area contributed by atoms with Crippen molar-refractivity contribution in [3.8, 4) is 11.5 Å². The molecule has 4 rings (SSSR count). The zero-order valence-corrected chi connectivity index (χ0v) is 18.1. The van der Waals surface area contributed by atoms with Gasteiger partial charge in [-0.3, -0.25) is 9.59 Å². The molecule has 2 aromatic rings. The van der Waals surface area contributed by atoms with Crippen LogP contribution in [0.5, 0.6) is 11.5 Å². The van der Waals surface area contributed by atoms with E-state index in [0.29, 0.717) is 53.7 Å². The first kappa shape index (κ1) is 20.9. The van der Waals surface area contributed by atoms with E-state index in [4.69, 9.17) is 9.47 Å². The Morgan fingerprint density at radius 3 is 2.23 bits per heavy atom. The van der Waals surface area contributed by atoms with Crippen molar-refractivity contribution < 1.29 is 19.1 Å². The second-order valence-electron chi connectivity index (χ2n) is 7.59. The second-order valence-corrected chi connectivity index (χ2v) is 7.59. The number of anilines is 1. The number of benzene rings is 2. The molecule has 162 valence electrons. The van der Waals surface area contributed by atoms with Crippen molar-refractivity contribution in [2.24, 2.45) is 0 Å². The molecule has 2 amide bonds. The number of carbonyl (C=O) groups excluding carboxylic acids is 2. The zero-order valence-electron chi connectivity index (χ0n) is 18.1. The van der Waals surface area contributed by atoms with Gasteiger partial charge in [-0.2, -0.15) is 0 Å². The van der Waals surface area contributed by atoms with E-state index in [2.05, 4.69) is 11.9 Å². The molecule has 0 aliphatic carbocycles. The lowest BCUT2D eigenvalue weighted by Crippen LogP contribution is -2.46. The molecule has 7 nitrogen and oxygen atoms in total. The Morgan fingerprint density at radius 1 is 0.903 bits per heavy atom. The van der Waals surface area contributed by atoms with Crippen LogP contribution in [-0.2, 0) is 9.59 Å². The fourth-order valence-electron chi connectivity index (χ4n) is 4.03. The average molecular weight is 421 g/mol. The van der Waals surface area contributed by atoms with Crippen LogP contribution in [0.25, 0.3) is 5.57 Å². The largest absolute Gasteiger partial charge is 0.496 e. The average Bonchev–Trinajstić information content (AvgIpc) is 3.05. The van der Waals surface area contributed by atoms with Crippen molar-refractivity contribution in [1.29, 1.82) is 0 Å². The number of nitrogens with zero attached hydrogens (tertiary/aromatic N) is 3. The molecular formula is C24H27N3O4. The number of likely N-dealkylation sites (N-methyl/N-ethyl adjacent to an activating group) is 1. The van der Waals surface area contributed by atoms with E-state index in [1.54, 1.807) is 37.4 Å². The smallest absolute Gasteiger partial charge is 0.282 e. The van der Waals surface area contributed by atoms with E-state index in [-0.39, 0.29) is 11.8 Å². The lowest BCUT2D eigenvalue weighted by molar-refractivity contribution is -0.120. The summed E-state index contributed by atoms with van der Waals surface area (Å²) in [6.07, 6.45) is 0. The first-order chi connectivity index (χ1) is 15.0. The minimum atomic E-state index is -0.340. The van der Waals surface area contributed by atoms with E-state index in [0.717, 1.165) is 13.1 Å². The van der Waals surface area contributed by atoms with Crippen LogP contribution in [0.4, 0.5) is 5.69 Å². The van der Waals surface area contributed by atoms with Gasteiger partial charge in [-0.05, 0) is 44.3 Å².